The molecule has 0 radical (unpaired) electrons. The van der Waals surface area contributed by atoms with Crippen LogP contribution in [0.2, 0.25) is 0 Å². The van der Waals surface area contributed by atoms with Gasteiger partial charge in [-0.2, -0.15) is 5.10 Å². The number of hydrogen-bond acceptors (Lipinski definition) is 3. The summed E-state index contributed by atoms with van der Waals surface area (Å²) in [5.74, 6) is 0. The van der Waals surface area contributed by atoms with Gasteiger partial charge in [-0.25, -0.2) is 0 Å². The number of aromatic nitrogens is 2. The van der Waals surface area contributed by atoms with Gasteiger partial charge in [-0.15, -0.1) is 0 Å². The maximum absolute atomic E-state index is 5.77. The number of rotatable bonds is 5. The SMILES string of the molecule is Cc1nn(C)c(C)c1CCN(C)C[C@H](C)N. The lowest BCUT2D eigenvalue weighted by atomic mass is 10.1. The molecule has 0 bridgehead atoms. The number of likely N-dealkylation sites (N-methyl/N-ethyl adjacent to an activating group) is 1. The summed E-state index contributed by atoms with van der Waals surface area (Å²) >= 11 is 0. The largest absolute Gasteiger partial charge is 0.327 e. The van der Waals surface area contributed by atoms with Crippen LogP contribution in [0.5, 0.6) is 0 Å². The van der Waals surface area contributed by atoms with Gasteiger partial charge in [-0.1, -0.05) is 0 Å². The fourth-order valence-electron chi connectivity index (χ4n) is 2.06. The van der Waals surface area contributed by atoms with Crippen molar-refractivity contribution in [3.05, 3.63) is 17.0 Å². The highest BCUT2D eigenvalue weighted by molar-refractivity contribution is 5.24. The smallest absolute Gasteiger partial charge is 0.0628 e. The average molecular weight is 224 g/mol. The molecule has 0 aromatic carbocycles. The third-order valence-corrected chi connectivity index (χ3v) is 3.00. The van der Waals surface area contributed by atoms with E-state index in [0.717, 1.165) is 25.2 Å². The first-order valence-electron chi connectivity index (χ1n) is 5.85. The quantitative estimate of drug-likeness (QED) is 0.807. The molecule has 92 valence electrons. The van der Waals surface area contributed by atoms with Gasteiger partial charge in [0.05, 0.1) is 5.69 Å². The minimum Gasteiger partial charge on any atom is -0.327 e. The van der Waals surface area contributed by atoms with Crippen molar-refractivity contribution in [1.29, 1.82) is 0 Å². The summed E-state index contributed by atoms with van der Waals surface area (Å²) in [4.78, 5) is 2.27. The molecule has 0 aliphatic rings. The molecule has 1 aromatic heterocycles. The predicted molar refractivity (Wildman–Crippen MR) is 67.5 cm³/mol. The highest BCUT2D eigenvalue weighted by Crippen LogP contribution is 2.12. The van der Waals surface area contributed by atoms with Crippen molar-refractivity contribution in [2.24, 2.45) is 12.8 Å². The molecule has 0 fully saturated rings. The van der Waals surface area contributed by atoms with Gasteiger partial charge in [-0.3, -0.25) is 4.68 Å². The van der Waals surface area contributed by atoms with Gasteiger partial charge < -0.3 is 10.6 Å². The van der Waals surface area contributed by atoms with Crippen LogP contribution in [0.3, 0.4) is 0 Å². The van der Waals surface area contributed by atoms with Crippen LogP contribution in [-0.4, -0.2) is 40.9 Å². The molecule has 0 saturated heterocycles. The average Bonchev–Trinajstić information content (AvgIpc) is 2.38. The second-order valence-corrected chi connectivity index (χ2v) is 4.76. The molecule has 0 unspecified atom stereocenters. The van der Waals surface area contributed by atoms with Crippen LogP contribution in [0, 0.1) is 13.8 Å². The van der Waals surface area contributed by atoms with Crippen LogP contribution < -0.4 is 5.73 Å². The molecule has 1 atom stereocenters. The second kappa shape index (κ2) is 5.46. The Bertz CT molecular complexity index is 341. The van der Waals surface area contributed by atoms with Crippen LogP contribution >= 0.6 is 0 Å². The number of hydrogen-bond donors (Lipinski definition) is 1. The monoisotopic (exact) mass is 224 g/mol. The lowest BCUT2D eigenvalue weighted by Gasteiger charge is -2.18. The second-order valence-electron chi connectivity index (χ2n) is 4.76. The van der Waals surface area contributed by atoms with Gasteiger partial charge in [0, 0.05) is 31.9 Å². The first kappa shape index (κ1) is 13.2. The maximum Gasteiger partial charge on any atom is 0.0628 e. The molecule has 2 N–H and O–H groups in total. The van der Waals surface area contributed by atoms with Crippen molar-refractivity contribution in [3.8, 4) is 0 Å². The Morgan fingerprint density at radius 3 is 2.50 bits per heavy atom. The molecule has 1 rings (SSSR count). The van der Waals surface area contributed by atoms with E-state index in [4.69, 9.17) is 5.73 Å². The molecule has 0 amide bonds. The van der Waals surface area contributed by atoms with E-state index in [2.05, 4.69) is 30.9 Å². The molecule has 16 heavy (non-hydrogen) atoms. The van der Waals surface area contributed by atoms with Crippen LogP contribution in [0.15, 0.2) is 0 Å². The molecule has 1 aromatic rings. The summed E-state index contributed by atoms with van der Waals surface area (Å²) in [5, 5.41) is 4.42. The van der Waals surface area contributed by atoms with Gasteiger partial charge in [0.25, 0.3) is 0 Å². The molecule has 0 spiro atoms. The number of nitrogens with two attached hydrogens (primary N) is 1. The fourth-order valence-corrected chi connectivity index (χ4v) is 2.06. The zero-order valence-corrected chi connectivity index (χ0v) is 11.1. The summed E-state index contributed by atoms with van der Waals surface area (Å²) in [5.41, 5.74) is 9.56. The minimum atomic E-state index is 0.237. The molecular weight excluding hydrogens is 200 g/mol. The minimum absolute atomic E-state index is 0.237. The van der Waals surface area contributed by atoms with E-state index in [0.29, 0.717) is 0 Å². The Morgan fingerprint density at radius 2 is 2.06 bits per heavy atom. The van der Waals surface area contributed by atoms with E-state index in [9.17, 15) is 0 Å². The van der Waals surface area contributed by atoms with E-state index in [1.54, 1.807) is 0 Å². The van der Waals surface area contributed by atoms with E-state index < -0.39 is 0 Å². The lowest BCUT2D eigenvalue weighted by molar-refractivity contribution is 0.321. The van der Waals surface area contributed by atoms with E-state index in [1.807, 2.05) is 18.7 Å². The van der Waals surface area contributed by atoms with Crippen LogP contribution in [0.4, 0.5) is 0 Å². The molecule has 4 heteroatoms. The van der Waals surface area contributed by atoms with Gasteiger partial charge in [0.1, 0.15) is 0 Å². The summed E-state index contributed by atoms with van der Waals surface area (Å²) in [6.45, 7) is 8.22. The third-order valence-electron chi connectivity index (χ3n) is 3.00. The van der Waals surface area contributed by atoms with Gasteiger partial charge in [0.2, 0.25) is 0 Å². The Balaban J connectivity index is 2.54. The Kier molecular flexibility index (Phi) is 4.50. The Morgan fingerprint density at radius 1 is 1.44 bits per heavy atom. The van der Waals surface area contributed by atoms with Crippen molar-refractivity contribution in [2.45, 2.75) is 33.2 Å². The van der Waals surface area contributed by atoms with Gasteiger partial charge >= 0.3 is 0 Å². The molecular formula is C12H24N4. The fraction of sp³-hybridized carbons (Fsp3) is 0.750. The van der Waals surface area contributed by atoms with E-state index >= 15 is 0 Å². The first-order chi connectivity index (χ1) is 7.41. The van der Waals surface area contributed by atoms with Crippen molar-refractivity contribution in [2.75, 3.05) is 20.1 Å². The number of nitrogens with zero attached hydrogens (tertiary/aromatic N) is 3. The zero-order chi connectivity index (χ0) is 12.3. The number of aryl methyl sites for hydroxylation is 2. The molecule has 4 nitrogen and oxygen atoms in total. The summed E-state index contributed by atoms with van der Waals surface area (Å²) in [6.07, 6.45) is 1.05. The highest BCUT2D eigenvalue weighted by atomic mass is 15.3. The van der Waals surface area contributed by atoms with Gasteiger partial charge in [0.15, 0.2) is 0 Å². The molecule has 0 aliphatic heterocycles. The van der Waals surface area contributed by atoms with Crippen molar-refractivity contribution in [1.82, 2.24) is 14.7 Å². The standard InChI is InChI=1S/C12H24N4/c1-9(13)8-15(4)7-6-12-10(2)14-16(5)11(12)3/h9H,6-8,13H2,1-5H3/t9-/m0/s1. The van der Waals surface area contributed by atoms with E-state index in [-0.39, 0.29) is 6.04 Å². The normalized spacial score (nSPS) is 13.4. The third kappa shape index (κ3) is 3.32. The highest BCUT2D eigenvalue weighted by Gasteiger charge is 2.10. The van der Waals surface area contributed by atoms with Gasteiger partial charge in [-0.05, 0) is 39.8 Å². The van der Waals surface area contributed by atoms with Crippen molar-refractivity contribution >= 4 is 0 Å². The lowest BCUT2D eigenvalue weighted by Crippen LogP contribution is -2.34. The predicted octanol–water partition coefficient (Wildman–Crippen LogP) is 0.858. The molecule has 1 heterocycles. The Hall–Kier alpha value is -0.870. The summed E-state index contributed by atoms with van der Waals surface area (Å²) in [6, 6.07) is 0.237. The molecule has 0 aliphatic carbocycles. The molecule has 0 saturated carbocycles. The van der Waals surface area contributed by atoms with Crippen LogP contribution in [0.1, 0.15) is 23.9 Å². The van der Waals surface area contributed by atoms with E-state index in [1.165, 1.54) is 11.3 Å². The van der Waals surface area contributed by atoms with Crippen molar-refractivity contribution in [3.63, 3.8) is 0 Å². The first-order valence-corrected chi connectivity index (χ1v) is 5.85. The zero-order valence-electron chi connectivity index (χ0n) is 11.1. The van der Waals surface area contributed by atoms with Crippen LogP contribution in [0.25, 0.3) is 0 Å². The maximum atomic E-state index is 5.77. The Labute approximate surface area is 98.4 Å². The van der Waals surface area contributed by atoms with Crippen LogP contribution in [-0.2, 0) is 13.5 Å². The summed E-state index contributed by atoms with van der Waals surface area (Å²) in [7, 11) is 4.11. The summed E-state index contributed by atoms with van der Waals surface area (Å²) < 4.78 is 1.95. The topological polar surface area (TPSA) is 47.1 Å². The van der Waals surface area contributed by atoms with Crippen molar-refractivity contribution < 1.29 is 0 Å².